The van der Waals surface area contributed by atoms with Crippen LogP contribution in [-0.4, -0.2) is 14.3 Å². The molecule has 0 aliphatic carbocycles. The van der Waals surface area contributed by atoms with E-state index < -0.39 is 15.9 Å². The maximum Gasteiger partial charge on any atom is 0.274 e. The Bertz CT molecular complexity index is 1100. The number of anilines is 1. The number of benzene rings is 3. The number of hydrogen-bond acceptors (Lipinski definition) is 4. The van der Waals surface area contributed by atoms with Crippen molar-refractivity contribution in [1.29, 1.82) is 0 Å². The molecular formula is C22H22N2O4S. The third-order valence-electron chi connectivity index (χ3n) is 4.28. The first-order chi connectivity index (χ1) is 13.8. The molecule has 0 atom stereocenters. The van der Waals surface area contributed by atoms with Gasteiger partial charge in [0.15, 0.2) is 0 Å². The smallest absolute Gasteiger partial charge is 0.274 e. The fourth-order valence-electron chi connectivity index (χ4n) is 2.71. The fourth-order valence-corrected chi connectivity index (χ4v) is 4.10. The number of hydrogen-bond donors (Lipinski definition) is 2. The Balaban J connectivity index is 1.62. The minimum Gasteiger partial charge on any atom is -0.280 e. The normalized spacial score (nSPS) is 11.1. The van der Waals surface area contributed by atoms with Gasteiger partial charge in [-0.05, 0) is 60.9 Å². The van der Waals surface area contributed by atoms with Gasteiger partial charge in [0.2, 0.25) is 0 Å². The van der Waals surface area contributed by atoms with Gasteiger partial charge in [-0.3, -0.25) is 14.4 Å². The molecule has 0 aliphatic heterocycles. The van der Waals surface area contributed by atoms with Crippen molar-refractivity contribution < 1.29 is 18.0 Å². The van der Waals surface area contributed by atoms with E-state index in [1.807, 2.05) is 43.3 Å². The minimum absolute atomic E-state index is 0.230. The van der Waals surface area contributed by atoms with E-state index >= 15 is 0 Å². The first-order valence-electron chi connectivity index (χ1n) is 9.01. The fraction of sp³-hybridized carbons (Fsp3) is 0.136. The number of carbonyl (C=O) groups excluding carboxylic acids is 1. The van der Waals surface area contributed by atoms with Crippen LogP contribution < -0.4 is 10.2 Å². The highest BCUT2D eigenvalue weighted by molar-refractivity contribution is 7.92. The van der Waals surface area contributed by atoms with Crippen LogP contribution in [0.1, 0.15) is 27.0 Å². The number of hydroxylamine groups is 1. The lowest BCUT2D eigenvalue weighted by Gasteiger charge is -2.12. The maximum atomic E-state index is 12.7. The molecule has 29 heavy (non-hydrogen) atoms. The molecule has 0 bridgehead atoms. The lowest BCUT2D eigenvalue weighted by Crippen LogP contribution is -2.23. The average molecular weight is 410 g/mol. The van der Waals surface area contributed by atoms with Gasteiger partial charge in [-0.2, -0.15) is 0 Å². The van der Waals surface area contributed by atoms with Crippen molar-refractivity contribution in [2.75, 3.05) is 4.72 Å². The predicted molar refractivity (Wildman–Crippen MR) is 112 cm³/mol. The van der Waals surface area contributed by atoms with E-state index in [0.717, 1.165) is 11.1 Å². The molecule has 0 aromatic heterocycles. The summed E-state index contributed by atoms with van der Waals surface area (Å²) in [5.41, 5.74) is 5.56. The van der Waals surface area contributed by atoms with Crippen LogP contribution in [0.15, 0.2) is 77.7 Å². The standard InChI is InChI=1S/C22H22N2O4S/c1-16-8-9-17(2)21(14-16)29(26,27)24-20-12-10-19(11-13-20)22(25)23-28-15-18-6-4-3-5-7-18/h3-14,24H,15H2,1-2H3,(H,23,25). The number of aryl methyl sites for hydroxylation is 2. The second-order valence-corrected chi connectivity index (χ2v) is 8.31. The molecule has 3 rings (SSSR count). The monoisotopic (exact) mass is 410 g/mol. The van der Waals surface area contributed by atoms with Crippen LogP contribution in [0.4, 0.5) is 5.69 Å². The first-order valence-corrected chi connectivity index (χ1v) is 10.5. The maximum absolute atomic E-state index is 12.7. The van der Waals surface area contributed by atoms with Crippen molar-refractivity contribution in [3.63, 3.8) is 0 Å². The van der Waals surface area contributed by atoms with Crippen molar-refractivity contribution in [3.8, 4) is 0 Å². The first kappa shape index (κ1) is 20.6. The molecule has 3 aromatic carbocycles. The van der Waals surface area contributed by atoms with Gasteiger partial charge in [0, 0.05) is 11.3 Å². The molecule has 0 unspecified atom stereocenters. The van der Waals surface area contributed by atoms with Crippen LogP contribution in [0.3, 0.4) is 0 Å². The highest BCUT2D eigenvalue weighted by Crippen LogP contribution is 2.21. The SMILES string of the molecule is Cc1ccc(C)c(S(=O)(=O)Nc2ccc(C(=O)NOCc3ccccc3)cc2)c1. The second-order valence-electron chi connectivity index (χ2n) is 6.66. The lowest BCUT2D eigenvalue weighted by atomic mass is 10.2. The highest BCUT2D eigenvalue weighted by atomic mass is 32.2. The second kappa shape index (κ2) is 8.89. The molecule has 0 saturated carbocycles. The van der Waals surface area contributed by atoms with Gasteiger partial charge < -0.3 is 0 Å². The number of nitrogens with one attached hydrogen (secondary N) is 2. The Hall–Kier alpha value is -3.16. The molecule has 0 saturated heterocycles. The van der Waals surface area contributed by atoms with E-state index in [9.17, 15) is 13.2 Å². The van der Waals surface area contributed by atoms with Crippen LogP contribution in [0.5, 0.6) is 0 Å². The van der Waals surface area contributed by atoms with Crippen LogP contribution in [0, 0.1) is 13.8 Å². The molecule has 7 heteroatoms. The molecule has 1 amide bonds. The lowest BCUT2D eigenvalue weighted by molar-refractivity contribution is 0.0233. The van der Waals surface area contributed by atoms with Gasteiger partial charge >= 0.3 is 0 Å². The molecule has 2 N–H and O–H groups in total. The molecular weight excluding hydrogens is 388 g/mol. The van der Waals surface area contributed by atoms with Crippen LogP contribution >= 0.6 is 0 Å². The quantitative estimate of drug-likeness (QED) is 0.578. The summed E-state index contributed by atoms with van der Waals surface area (Å²) in [5, 5.41) is 0. The summed E-state index contributed by atoms with van der Waals surface area (Å²) in [4.78, 5) is 17.6. The van der Waals surface area contributed by atoms with Crippen LogP contribution in [0.25, 0.3) is 0 Å². The van der Waals surface area contributed by atoms with Crippen molar-refractivity contribution >= 4 is 21.6 Å². The Morgan fingerprint density at radius 1 is 0.931 bits per heavy atom. The summed E-state index contributed by atoms with van der Waals surface area (Å²) in [5.74, 6) is -0.412. The van der Waals surface area contributed by atoms with E-state index in [2.05, 4.69) is 10.2 Å². The highest BCUT2D eigenvalue weighted by Gasteiger charge is 2.17. The number of amides is 1. The van der Waals surface area contributed by atoms with Crippen molar-refractivity contribution in [1.82, 2.24) is 5.48 Å². The summed E-state index contributed by atoms with van der Waals surface area (Å²) in [6, 6.07) is 20.9. The molecule has 0 radical (unpaired) electrons. The van der Waals surface area contributed by atoms with Crippen molar-refractivity contribution in [2.45, 2.75) is 25.3 Å². The summed E-state index contributed by atoms with van der Waals surface area (Å²) in [6.07, 6.45) is 0. The van der Waals surface area contributed by atoms with Gasteiger partial charge in [-0.1, -0.05) is 42.5 Å². The average Bonchev–Trinajstić information content (AvgIpc) is 2.70. The zero-order chi connectivity index (χ0) is 20.9. The summed E-state index contributed by atoms with van der Waals surface area (Å²) in [7, 11) is -3.72. The third kappa shape index (κ3) is 5.43. The Kier molecular flexibility index (Phi) is 6.31. The summed E-state index contributed by atoms with van der Waals surface area (Å²) < 4.78 is 27.9. The van der Waals surface area contributed by atoms with Gasteiger partial charge in [-0.15, -0.1) is 0 Å². The zero-order valence-electron chi connectivity index (χ0n) is 16.2. The number of carbonyl (C=O) groups is 1. The largest absolute Gasteiger partial charge is 0.280 e. The third-order valence-corrected chi connectivity index (χ3v) is 5.80. The van der Waals surface area contributed by atoms with Crippen molar-refractivity contribution in [2.24, 2.45) is 0 Å². The summed E-state index contributed by atoms with van der Waals surface area (Å²) in [6.45, 7) is 3.84. The van der Waals surface area contributed by atoms with E-state index in [4.69, 9.17) is 4.84 Å². The molecule has 0 heterocycles. The van der Waals surface area contributed by atoms with Crippen LogP contribution in [-0.2, 0) is 21.5 Å². The number of sulfonamides is 1. The Labute approximate surface area is 170 Å². The van der Waals surface area contributed by atoms with Gasteiger partial charge in [0.25, 0.3) is 15.9 Å². The zero-order valence-corrected chi connectivity index (χ0v) is 17.0. The minimum atomic E-state index is -3.72. The van der Waals surface area contributed by atoms with E-state index in [0.29, 0.717) is 16.8 Å². The molecule has 150 valence electrons. The van der Waals surface area contributed by atoms with Gasteiger partial charge in [0.05, 0.1) is 11.5 Å². The van der Waals surface area contributed by atoms with Gasteiger partial charge in [-0.25, -0.2) is 13.9 Å². The molecule has 3 aromatic rings. The molecule has 0 spiro atoms. The molecule has 0 aliphatic rings. The molecule has 0 fully saturated rings. The van der Waals surface area contributed by atoms with E-state index in [-0.39, 0.29) is 11.5 Å². The predicted octanol–water partition coefficient (Wildman–Crippen LogP) is 3.97. The van der Waals surface area contributed by atoms with Gasteiger partial charge in [0.1, 0.15) is 0 Å². The molecule has 6 nitrogen and oxygen atoms in total. The van der Waals surface area contributed by atoms with E-state index in [1.54, 1.807) is 19.1 Å². The Morgan fingerprint density at radius 2 is 1.62 bits per heavy atom. The number of rotatable bonds is 7. The van der Waals surface area contributed by atoms with Crippen LogP contribution in [0.2, 0.25) is 0 Å². The topological polar surface area (TPSA) is 84.5 Å². The Morgan fingerprint density at radius 3 is 2.31 bits per heavy atom. The van der Waals surface area contributed by atoms with E-state index in [1.165, 1.54) is 24.3 Å². The summed E-state index contributed by atoms with van der Waals surface area (Å²) >= 11 is 0. The van der Waals surface area contributed by atoms with Crippen molar-refractivity contribution in [3.05, 3.63) is 95.1 Å².